The first-order chi connectivity index (χ1) is 11.3. The summed E-state index contributed by atoms with van der Waals surface area (Å²) in [5, 5.41) is 2.64. The van der Waals surface area contributed by atoms with Crippen LogP contribution in [0.15, 0.2) is 41.3 Å². The molecular weight excluding hydrogens is 356 g/mol. The third-order valence-corrected chi connectivity index (χ3v) is 4.88. The Morgan fingerprint density at radius 1 is 1.12 bits per heavy atom. The van der Waals surface area contributed by atoms with Gasteiger partial charge in [0.15, 0.2) is 11.5 Å². The van der Waals surface area contributed by atoms with E-state index < -0.39 is 10.0 Å². The van der Waals surface area contributed by atoms with Gasteiger partial charge in [-0.3, -0.25) is 9.52 Å². The summed E-state index contributed by atoms with van der Waals surface area (Å²) in [6.07, 6.45) is 0. The van der Waals surface area contributed by atoms with Crippen molar-refractivity contribution in [3.63, 3.8) is 0 Å². The van der Waals surface area contributed by atoms with Crippen molar-refractivity contribution in [2.24, 2.45) is 0 Å². The predicted octanol–water partition coefficient (Wildman–Crippen LogP) is 2.83. The van der Waals surface area contributed by atoms with Crippen molar-refractivity contribution in [3.8, 4) is 11.5 Å². The Balaban J connectivity index is 1.85. The van der Waals surface area contributed by atoms with Crippen molar-refractivity contribution in [1.29, 1.82) is 0 Å². The maximum atomic E-state index is 12.5. The highest BCUT2D eigenvalue weighted by molar-refractivity contribution is 7.92. The third kappa shape index (κ3) is 3.39. The van der Waals surface area contributed by atoms with E-state index in [4.69, 9.17) is 21.1 Å². The van der Waals surface area contributed by atoms with Crippen molar-refractivity contribution in [2.45, 2.75) is 11.8 Å². The first-order valence-electron chi connectivity index (χ1n) is 6.85. The van der Waals surface area contributed by atoms with E-state index >= 15 is 0 Å². The second-order valence-corrected chi connectivity index (χ2v) is 7.09. The molecule has 9 heteroatoms. The molecule has 0 spiro atoms. The van der Waals surface area contributed by atoms with Crippen molar-refractivity contribution in [3.05, 3.63) is 41.4 Å². The zero-order valence-electron chi connectivity index (χ0n) is 12.5. The molecule has 1 aliphatic heterocycles. The van der Waals surface area contributed by atoms with E-state index in [1.165, 1.54) is 31.2 Å². The number of anilines is 2. The van der Waals surface area contributed by atoms with Gasteiger partial charge < -0.3 is 14.8 Å². The van der Waals surface area contributed by atoms with E-state index in [-0.39, 0.29) is 22.6 Å². The van der Waals surface area contributed by atoms with Gasteiger partial charge in [-0.1, -0.05) is 11.6 Å². The average molecular weight is 369 g/mol. The number of fused-ring (bicyclic) bond motifs is 1. The second-order valence-electron chi connectivity index (χ2n) is 5.00. The molecule has 0 saturated carbocycles. The molecule has 3 rings (SSSR count). The third-order valence-electron chi connectivity index (χ3n) is 3.19. The Hall–Kier alpha value is -2.45. The predicted molar refractivity (Wildman–Crippen MR) is 89.1 cm³/mol. The molecule has 24 heavy (non-hydrogen) atoms. The summed E-state index contributed by atoms with van der Waals surface area (Å²) in [5.74, 6) is 0.723. The lowest BCUT2D eigenvalue weighted by molar-refractivity contribution is -0.114. The summed E-state index contributed by atoms with van der Waals surface area (Å²) >= 11 is 6.02. The van der Waals surface area contributed by atoms with Crippen LogP contribution in [-0.4, -0.2) is 21.1 Å². The Morgan fingerprint density at radius 2 is 1.88 bits per heavy atom. The minimum Gasteiger partial charge on any atom is -0.454 e. The first-order valence-corrected chi connectivity index (χ1v) is 8.71. The van der Waals surface area contributed by atoms with Crippen LogP contribution in [0.1, 0.15) is 6.92 Å². The molecule has 0 saturated heterocycles. The van der Waals surface area contributed by atoms with Crippen LogP contribution in [-0.2, 0) is 14.8 Å². The maximum Gasteiger partial charge on any atom is 0.261 e. The number of hydrogen-bond donors (Lipinski definition) is 2. The minimum atomic E-state index is -3.84. The van der Waals surface area contributed by atoms with Crippen molar-refractivity contribution >= 4 is 38.9 Å². The zero-order valence-corrected chi connectivity index (χ0v) is 14.1. The van der Waals surface area contributed by atoms with Gasteiger partial charge in [0.25, 0.3) is 10.0 Å². The molecule has 0 aliphatic carbocycles. The van der Waals surface area contributed by atoms with Crippen LogP contribution in [0.3, 0.4) is 0 Å². The molecule has 0 aromatic heterocycles. The largest absolute Gasteiger partial charge is 0.454 e. The molecule has 0 bridgehead atoms. The van der Waals surface area contributed by atoms with Crippen molar-refractivity contribution < 1.29 is 22.7 Å². The van der Waals surface area contributed by atoms with Gasteiger partial charge in [-0.15, -0.1) is 0 Å². The zero-order chi connectivity index (χ0) is 17.3. The van der Waals surface area contributed by atoms with Crippen LogP contribution < -0.4 is 19.5 Å². The van der Waals surface area contributed by atoms with Gasteiger partial charge >= 0.3 is 0 Å². The number of sulfonamides is 1. The standard InChI is InChI=1S/C15H13ClN2O5S/c1-9(19)17-13-4-3-11(7-12(13)16)24(20,21)18-10-2-5-14-15(6-10)23-8-22-14/h2-7,18H,8H2,1H3,(H,17,19). The summed E-state index contributed by atoms with van der Waals surface area (Å²) < 4.78 is 37.7. The van der Waals surface area contributed by atoms with E-state index in [0.29, 0.717) is 22.9 Å². The number of carbonyl (C=O) groups excluding carboxylic acids is 1. The van der Waals surface area contributed by atoms with Gasteiger partial charge in [0, 0.05) is 13.0 Å². The number of hydrogen-bond acceptors (Lipinski definition) is 5. The molecule has 1 amide bonds. The van der Waals surface area contributed by atoms with Gasteiger partial charge in [-0.05, 0) is 30.3 Å². The van der Waals surface area contributed by atoms with Crippen LogP contribution in [0, 0.1) is 0 Å². The SMILES string of the molecule is CC(=O)Nc1ccc(S(=O)(=O)Nc2ccc3c(c2)OCO3)cc1Cl. The molecule has 2 aromatic rings. The summed E-state index contributed by atoms with van der Waals surface area (Å²) in [5.41, 5.74) is 0.674. The molecule has 2 N–H and O–H groups in total. The fourth-order valence-corrected chi connectivity index (χ4v) is 3.50. The monoisotopic (exact) mass is 368 g/mol. The van der Waals surface area contributed by atoms with Gasteiger partial charge in [0.2, 0.25) is 12.7 Å². The summed E-state index contributed by atoms with van der Waals surface area (Å²) in [4.78, 5) is 11.0. The minimum absolute atomic E-state index is 0.0285. The van der Waals surface area contributed by atoms with Crippen LogP contribution in [0.5, 0.6) is 11.5 Å². The van der Waals surface area contributed by atoms with Gasteiger partial charge in [0.1, 0.15) is 0 Å². The molecule has 126 valence electrons. The van der Waals surface area contributed by atoms with Crippen LogP contribution in [0.2, 0.25) is 5.02 Å². The fourth-order valence-electron chi connectivity index (χ4n) is 2.13. The number of carbonyl (C=O) groups is 1. The number of ether oxygens (including phenoxy) is 2. The fraction of sp³-hybridized carbons (Fsp3) is 0.133. The lowest BCUT2D eigenvalue weighted by atomic mass is 10.3. The van der Waals surface area contributed by atoms with Crippen LogP contribution in [0.25, 0.3) is 0 Å². The van der Waals surface area contributed by atoms with Crippen molar-refractivity contribution in [1.82, 2.24) is 0 Å². The summed E-state index contributed by atoms with van der Waals surface area (Å²) in [6, 6.07) is 8.77. The number of halogens is 1. The highest BCUT2D eigenvalue weighted by Crippen LogP contribution is 2.35. The summed E-state index contributed by atoms with van der Waals surface area (Å²) in [7, 11) is -3.84. The van der Waals surface area contributed by atoms with Gasteiger partial charge in [-0.2, -0.15) is 0 Å². The second kappa shape index (κ2) is 6.21. The first kappa shape index (κ1) is 16.4. The molecule has 0 radical (unpaired) electrons. The lowest BCUT2D eigenvalue weighted by Gasteiger charge is -2.11. The molecular formula is C15H13ClN2O5S. The number of amides is 1. The van der Waals surface area contributed by atoms with Gasteiger partial charge in [0.05, 0.1) is 21.3 Å². The lowest BCUT2D eigenvalue weighted by Crippen LogP contribution is -2.13. The van der Waals surface area contributed by atoms with E-state index in [1.807, 2.05) is 0 Å². The van der Waals surface area contributed by atoms with Gasteiger partial charge in [-0.25, -0.2) is 8.42 Å². The Kier molecular flexibility index (Phi) is 4.25. The number of rotatable bonds is 4. The topological polar surface area (TPSA) is 93.7 Å². The quantitative estimate of drug-likeness (QED) is 0.865. The highest BCUT2D eigenvalue weighted by Gasteiger charge is 2.19. The number of benzene rings is 2. The maximum absolute atomic E-state index is 12.5. The molecule has 0 unspecified atom stereocenters. The van der Waals surface area contributed by atoms with E-state index in [1.54, 1.807) is 12.1 Å². The van der Waals surface area contributed by atoms with E-state index in [9.17, 15) is 13.2 Å². The van der Waals surface area contributed by atoms with Crippen LogP contribution in [0.4, 0.5) is 11.4 Å². The molecule has 2 aromatic carbocycles. The Bertz CT molecular complexity index is 914. The molecule has 7 nitrogen and oxygen atoms in total. The van der Waals surface area contributed by atoms with E-state index in [2.05, 4.69) is 10.0 Å². The highest BCUT2D eigenvalue weighted by atomic mass is 35.5. The molecule has 1 aliphatic rings. The smallest absolute Gasteiger partial charge is 0.261 e. The normalized spacial score (nSPS) is 12.8. The Morgan fingerprint density at radius 3 is 2.58 bits per heavy atom. The van der Waals surface area contributed by atoms with Crippen molar-refractivity contribution in [2.75, 3.05) is 16.8 Å². The molecule has 1 heterocycles. The number of nitrogens with one attached hydrogen (secondary N) is 2. The average Bonchev–Trinajstić information content (AvgIpc) is 2.96. The molecule has 0 fully saturated rings. The Labute approximate surface area is 143 Å². The molecule has 0 atom stereocenters. The van der Waals surface area contributed by atoms with E-state index in [0.717, 1.165) is 0 Å². The summed E-state index contributed by atoms with van der Waals surface area (Å²) in [6.45, 7) is 1.44. The van der Waals surface area contributed by atoms with Crippen LogP contribution >= 0.6 is 11.6 Å².